The second kappa shape index (κ2) is 7.73. The third-order valence-electron chi connectivity index (χ3n) is 5.02. The molecule has 3 aromatic rings. The molecule has 7 nitrogen and oxygen atoms in total. The molecule has 8 heteroatoms. The minimum Gasteiger partial charge on any atom is -0.496 e. The maximum absolute atomic E-state index is 12.7. The summed E-state index contributed by atoms with van der Waals surface area (Å²) in [6.07, 6.45) is 1.28. The minimum absolute atomic E-state index is 0.0922. The number of hydrogen-bond acceptors (Lipinski definition) is 7. The molecule has 0 radical (unpaired) electrons. The number of aliphatic hydroxyl groups is 1. The van der Waals surface area contributed by atoms with Crippen molar-refractivity contribution in [2.45, 2.75) is 18.4 Å². The highest BCUT2D eigenvalue weighted by molar-refractivity contribution is 7.00. The zero-order valence-corrected chi connectivity index (χ0v) is 16.3. The fourth-order valence-electron chi connectivity index (χ4n) is 3.59. The van der Waals surface area contributed by atoms with Gasteiger partial charge >= 0.3 is 0 Å². The average Bonchev–Trinajstić information content (AvgIpc) is 3.20. The fourth-order valence-corrected chi connectivity index (χ4v) is 4.10. The molecule has 1 aliphatic heterocycles. The van der Waals surface area contributed by atoms with Crippen molar-refractivity contribution in [3.63, 3.8) is 0 Å². The van der Waals surface area contributed by atoms with E-state index < -0.39 is 5.60 Å². The minimum atomic E-state index is -1.13. The van der Waals surface area contributed by atoms with E-state index in [9.17, 15) is 9.90 Å². The molecule has 0 saturated carbocycles. The summed E-state index contributed by atoms with van der Waals surface area (Å²) in [4.78, 5) is 14.3. The van der Waals surface area contributed by atoms with Crippen molar-refractivity contribution in [3.8, 4) is 11.5 Å². The number of carbonyl (C=O) groups excluding carboxylic acids is 1. The van der Waals surface area contributed by atoms with E-state index >= 15 is 0 Å². The van der Waals surface area contributed by atoms with Crippen LogP contribution in [0.25, 0.3) is 11.0 Å². The van der Waals surface area contributed by atoms with E-state index in [-0.39, 0.29) is 19.1 Å². The quantitative estimate of drug-likeness (QED) is 0.710. The summed E-state index contributed by atoms with van der Waals surface area (Å²) in [6, 6.07) is 12.8. The van der Waals surface area contributed by atoms with Gasteiger partial charge in [0.2, 0.25) is 0 Å². The molecule has 2 heterocycles. The van der Waals surface area contributed by atoms with Gasteiger partial charge in [-0.2, -0.15) is 8.75 Å². The Labute approximate surface area is 166 Å². The third kappa shape index (κ3) is 3.65. The number of aromatic nitrogens is 2. The van der Waals surface area contributed by atoms with Crippen LogP contribution < -0.4 is 9.47 Å². The number of fused-ring (bicyclic) bond motifs is 1. The number of nitrogens with zero attached hydrogens (tertiary/aromatic N) is 3. The number of carbonyl (C=O) groups is 1. The second-order valence-corrected chi connectivity index (χ2v) is 7.38. The molecule has 28 heavy (non-hydrogen) atoms. The Morgan fingerprint density at radius 1 is 1.25 bits per heavy atom. The normalized spacial score (nSPS) is 19.6. The number of hydrogen-bond donors (Lipinski definition) is 1. The van der Waals surface area contributed by atoms with Gasteiger partial charge in [-0.3, -0.25) is 4.79 Å². The smallest absolute Gasteiger partial charge is 0.260 e. The first-order chi connectivity index (χ1) is 13.6. The number of likely N-dealkylation sites (tertiary alicyclic amines) is 1. The predicted molar refractivity (Wildman–Crippen MR) is 106 cm³/mol. The van der Waals surface area contributed by atoms with Gasteiger partial charge in [-0.05, 0) is 31.0 Å². The van der Waals surface area contributed by atoms with Crippen LogP contribution in [0.5, 0.6) is 11.5 Å². The van der Waals surface area contributed by atoms with E-state index in [0.717, 1.165) is 22.8 Å². The summed E-state index contributed by atoms with van der Waals surface area (Å²) in [5.41, 5.74) is 1.13. The van der Waals surface area contributed by atoms with Crippen molar-refractivity contribution in [1.29, 1.82) is 0 Å². The first-order valence-electron chi connectivity index (χ1n) is 9.08. The number of β-amino-alcohol motifs (C(OH)–C–C–N with tert-alkyl or cyclic N) is 1. The summed E-state index contributed by atoms with van der Waals surface area (Å²) < 4.78 is 19.4. The fraction of sp³-hybridized carbons (Fsp3) is 0.350. The van der Waals surface area contributed by atoms with Crippen LogP contribution >= 0.6 is 11.7 Å². The maximum Gasteiger partial charge on any atom is 0.260 e. The van der Waals surface area contributed by atoms with Gasteiger partial charge in [0.25, 0.3) is 5.91 Å². The molecule has 1 atom stereocenters. The van der Waals surface area contributed by atoms with E-state index in [4.69, 9.17) is 9.47 Å². The van der Waals surface area contributed by atoms with E-state index in [1.807, 2.05) is 30.3 Å². The summed E-state index contributed by atoms with van der Waals surface area (Å²) >= 11 is 1.14. The monoisotopic (exact) mass is 399 g/mol. The summed E-state index contributed by atoms with van der Waals surface area (Å²) in [6.45, 7) is 0.713. The van der Waals surface area contributed by atoms with E-state index in [2.05, 4.69) is 8.75 Å². The van der Waals surface area contributed by atoms with Crippen molar-refractivity contribution in [2.75, 3.05) is 26.8 Å². The van der Waals surface area contributed by atoms with Crippen molar-refractivity contribution in [1.82, 2.24) is 13.6 Å². The number of rotatable bonds is 5. The molecule has 2 aromatic carbocycles. The van der Waals surface area contributed by atoms with Crippen LogP contribution in [0.15, 0.2) is 42.5 Å². The molecule has 1 N–H and O–H groups in total. The molecule has 1 amide bonds. The van der Waals surface area contributed by atoms with Crippen LogP contribution in [-0.2, 0) is 10.4 Å². The standard InChI is InChI=1S/C20H21N3O4S/c1-26-18-6-3-2-5-15(18)20(25)9-4-10-23(13-20)19(24)12-27-14-7-8-16-17(11-14)22-28-21-16/h2-3,5-8,11,25H,4,9-10,12-13H2,1H3. The molecule has 4 rings (SSSR count). The molecule has 0 spiro atoms. The summed E-state index contributed by atoms with van der Waals surface area (Å²) in [7, 11) is 1.58. The molecule has 1 unspecified atom stereocenters. The lowest BCUT2D eigenvalue weighted by Crippen LogP contribution is -2.49. The molecule has 0 bridgehead atoms. The Morgan fingerprint density at radius 2 is 2.07 bits per heavy atom. The Balaban J connectivity index is 1.44. The highest BCUT2D eigenvalue weighted by atomic mass is 32.1. The van der Waals surface area contributed by atoms with Gasteiger partial charge in [-0.25, -0.2) is 0 Å². The summed E-state index contributed by atoms with van der Waals surface area (Å²) in [5, 5.41) is 11.2. The van der Waals surface area contributed by atoms with Crippen LogP contribution in [0.1, 0.15) is 18.4 Å². The number of methoxy groups -OCH3 is 1. The van der Waals surface area contributed by atoms with Gasteiger partial charge in [0.15, 0.2) is 6.61 Å². The van der Waals surface area contributed by atoms with Gasteiger partial charge in [0, 0.05) is 18.2 Å². The van der Waals surface area contributed by atoms with Crippen molar-refractivity contribution in [2.24, 2.45) is 0 Å². The number of para-hydroxylation sites is 1. The molecule has 146 valence electrons. The molecule has 1 aliphatic rings. The molecule has 1 aromatic heterocycles. The van der Waals surface area contributed by atoms with Gasteiger partial charge < -0.3 is 19.5 Å². The van der Waals surface area contributed by atoms with Crippen LogP contribution in [0.4, 0.5) is 0 Å². The van der Waals surface area contributed by atoms with Gasteiger partial charge in [-0.1, -0.05) is 18.2 Å². The van der Waals surface area contributed by atoms with Crippen LogP contribution in [0.3, 0.4) is 0 Å². The molecule has 1 fully saturated rings. The highest BCUT2D eigenvalue weighted by Crippen LogP contribution is 2.36. The molecular formula is C20H21N3O4S. The molecular weight excluding hydrogens is 378 g/mol. The SMILES string of the molecule is COc1ccccc1C1(O)CCCN(C(=O)COc2ccc3nsnc3c2)C1. The lowest BCUT2D eigenvalue weighted by molar-refractivity contribution is -0.141. The lowest BCUT2D eigenvalue weighted by atomic mass is 9.85. The second-order valence-electron chi connectivity index (χ2n) is 6.85. The zero-order valence-electron chi connectivity index (χ0n) is 15.5. The Kier molecular flexibility index (Phi) is 5.15. The number of piperidine rings is 1. The third-order valence-corrected chi connectivity index (χ3v) is 5.58. The predicted octanol–water partition coefficient (Wildman–Crippen LogP) is 2.59. The molecule has 1 saturated heterocycles. The number of ether oxygens (including phenoxy) is 2. The lowest BCUT2D eigenvalue weighted by Gasteiger charge is -2.40. The average molecular weight is 399 g/mol. The van der Waals surface area contributed by atoms with Gasteiger partial charge in [0.05, 0.1) is 25.4 Å². The largest absolute Gasteiger partial charge is 0.496 e. The van der Waals surface area contributed by atoms with Gasteiger partial charge in [0.1, 0.15) is 28.1 Å². The van der Waals surface area contributed by atoms with Crippen molar-refractivity contribution >= 4 is 28.7 Å². The van der Waals surface area contributed by atoms with Crippen LogP contribution in [-0.4, -0.2) is 51.5 Å². The van der Waals surface area contributed by atoms with E-state index in [1.54, 1.807) is 24.1 Å². The summed E-state index contributed by atoms with van der Waals surface area (Å²) in [5.74, 6) is 1.04. The van der Waals surface area contributed by atoms with E-state index in [1.165, 1.54) is 0 Å². The zero-order chi connectivity index (χ0) is 19.6. The Hall–Kier alpha value is -2.71. The van der Waals surface area contributed by atoms with Crippen molar-refractivity contribution in [3.05, 3.63) is 48.0 Å². The highest BCUT2D eigenvalue weighted by Gasteiger charge is 2.38. The topological polar surface area (TPSA) is 84.8 Å². The number of benzene rings is 2. The van der Waals surface area contributed by atoms with Gasteiger partial charge in [-0.15, -0.1) is 0 Å². The maximum atomic E-state index is 12.7. The van der Waals surface area contributed by atoms with E-state index in [0.29, 0.717) is 36.4 Å². The Bertz CT molecular complexity index is 992. The molecule has 0 aliphatic carbocycles. The first kappa shape index (κ1) is 18.6. The first-order valence-corrected chi connectivity index (χ1v) is 9.81. The van der Waals surface area contributed by atoms with Crippen LogP contribution in [0.2, 0.25) is 0 Å². The van der Waals surface area contributed by atoms with Crippen molar-refractivity contribution < 1.29 is 19.4 Å². The van der Waals surface area contributed by atoms with Crippen LogP contribution in [0, 0.1) is 0 Å². The Morgan fingerprint density at radius 3 is 2.93 bits per heavy atom. The number of amides is 1.